The molecular weight excluding hydrogens is 446 g/mol. The lowest BCUT2D eigenvalue weighted by molar-refractivity contribution is -0.152. The lowest BCUT2D eigenvalue weighted by atomic mass is 10.1. The summed E-state index contributed by atoms with van der Waals surface area (Å²) in [5.41, 5.74) is 5.44. The largest absolute Gasteiger partial charge is 0.455 e. The molecule has 0 spiro atoms. The number of amides is 3. The van der Waals surface area contributed by atoms with Gasteiger partial charge in [-0.15, -0.1) is 0 Å². The Morgan fingerprint density at radius 2 is 1.70 bits per heavy atom. The van der Waals surface area contributed by atoms with E-state index in [4.69, 9.17) is 16.3 Å². The van der Waals surface area contributed by atoms with E-state index in [2.05, 4.69) is 10.9 Å². The van der Waals surface area contributed by atoms with Crippen molar-refractivity contribution in [1.82, 2.24) is 10.9 Å². The number of hydrogen-bond donors (Lipinski definition) is 2. The fraction of sp³-hybridized carbons (Fsp3) is 0.167. The Hall–Kier alpha value is -3.91. The van der Waals surface area contributed by atoms with Crippen molar-refractivity contribution >= 4 is 51.8 Å². The quantitative estimate of drug-likeness (QED) is 0.445. The highest BCUT2D eigenvalue weighted by molar-refractivity contribution is 6.30. The van der Waals surface area contributed by atoms with Gasteiger partial charge in [0.05, 0.1) is 11.6 Å². The molecule has 3 amide bonds. The molecule has 0 radical (unpaired) electrons. The van der Waals surface area contributed by atoms with Crippen LogP contribution in [-0.2, 0) is 19.1 Å². The molecular formula is C24H20ClN3O5. The van der Waals surface area contributed by atoms with E-state index in [-0.39, 0.29) is 18.9 Å². The second-order valence-electron chi connectivity index (χ2n) is 7.52. The first-order valence-corrected chi connectivity index (χ1v) is 10.6. The van der Waals surface area contributed by atoms with Crippen LogP contribution in [0.5, 0.6) is 0 Å². The summed E-state index contributed by atoms with van der Waals surface area (Å²) >= 11 is 5.77. The summed E-state index contributed by atoms with van der Waals surface area (Å²) in [6, 6.07) is 19.4. The summed E-state index contributed by atoms with van der Waals surface area (Å²) in [6.07, 6.45) is -0.00300. The Labute approximate surface area is 194 Å². The van der Waals surface area contributed by atoms with Crippen LogP contribution in [0.25, 0.3) is 10.8 Å². The van der Waals surface area contributed by atoms with Gasteiger partial charge >= 0.3 is 5.97 Å². The smallest absolute Gasteiger partial charge is 0.311 e. The second-order valence-corrected chi connectivity index (χ2v) is 7.96. The van der Waals surface area contributed by atoms with Crippen molar-refractivity contribution in [2.45, 2.75) is 6.42 Å². The van der Waals surface area contributed by atoms with Gasteiger partial charge in [-0.3, -0.25) is 30.0 Å². The third kappa shape index (κ3) is 5.12. The van der Waals surface area contributed by atoms with Crippen molar-refractivity contribution in [1.29, 1.82) is 0 Å². The summed E-state index contributed by atoms with van der Waals surface area (Å²) in [7, 11) is 0. The highest BCUT2D eigenvalue weighted by atomic mass is 35.5. The van der Waals surface area contributed by atoms with Gasteiger partial charge in [-0.05, 0) is 35.7 Å². The SMILES string of the molecule is O=C(COC(=O)[C@H]1CC(=O)N(c2cccc3ccccc23)C1)NNC(=O)c1ccc(Cl)cc1. The maximum Gasteiger partial charge on any atom is 0.311 e. The number of anilines is 1. The number of benzene rings is 3. The van der Waals surface area contributed by atoms with Crippen LogP contribution >= 0.6 is 11.6 Å². The monoisotopic (exact) mass is 465 g/mol. The van der Waals surface area contributed by atoms with Crippen molar-refractivity contribution in [3.8, 4) is 0 Å². The molecule has 3 aromatic carbocycles. The van der Waals surface area contributed by atoms with Crippen molar-refractivity contribution in [3.63, 3.8) is 0 Å². The van der Waals surface area contributed by atoms with E-state index in [1.54, 1.807) is 17.0 Å². The summed E-state index contributed by atoms with van der Waals surface area (Å²) < 4.78 is 5.06. The minimum atomic E-state index is -0.708. The molecule has 0 unspecified atom stereocenters. The first-order chi connectivity index (χ1) is 15.9. The number of carbonyl (C=O) groups excluding carboxylic acids is 4. The normalized spacial score (nSPS) is 15.4. The average Bonchev–Trinajstić information content (AvgIpc) is 3.22. The lowest BCUT2D eigenvalue weighted by Gasteiger charge is -2.18. The molecule has 0 aromatic heterocycles. The predicted molar refractivity (Wildman–Crippen MR) is 122 cm³/mol. The van der Waals surface area contributed by atoms with Crippen molar-refractivity contribution < 1.29 is 23.9 Å². The molecule has 9 heteroatoms. The Balaban J connectivity index is 1.29. The number of carbonyl (C=O) groups is 4. The van der Waals surface area contributed by atoms with Crippen LogP contribution in [0.4, 0.5) is 5.69 Å². The molecule has 8 nitrogen and oxygen atoms in total. The molecule has 168 valence electrons. The van der Waals surface area contributed by atoms with Gasteiger partial charge in [0.25, 0.3) is 11.8 Å². The molecule has 33 heavy (non-hydrogen) atoms. The molecule has 4 rings (SSSR count). The van der Waals surface area contributed by atoms with Gasteiger partial charge < -0.3 is 9.64 Å². The third-order valence-corrected chi connectivity index (χ3v) is 5.54. The van der Waals surface area contributed by atoms with Gasteiger partial charge in [-0.1, -0.05) is 48.0 Å². The number of ether oxygens (including phenoxy) is 1. The topological polar surface area (TPSA) is 105 Å². The molecule has 1 heterocycles. The maximum atomic E-state index is 12.6. The number of hydrazine groups is 1. The van der Waals surface area contributed by atoms with Crippen LogP contribution in [0.3, 0.4) is 0 Å². The van der Waals surface area contributed by atoms with E-state index in [0.29, 0.717) is 10.6 Å². The van der Waals surface area contributed by atoms with Gasteiger partial charge in [-0.25, -0.2) is 0 Å². The van der Waals surface area contributed by atoms with Gasteiger partial charge in [0.2, 0.25) is 5.91 Å². The average molecular weight is 466 g/mol. The predicted octanol–water partition coefficient (Wildman–Crippen LogP) is 2.85. The van der Waals surface area contributed by atoms with Gasteiger partial charge in [0, 0.05) is 28.9 Å². The van der Waals surface area contributed by atoms with Gasteiger partial charge in [-0.2, -0.15) is 0 Å². The molecule has 0 aliphatic carbocycles. The fourth-order valence-corrected chi connectivity index (χ4v) is 3.76. The summed E-state index contributed by atoms with van der Waals surface area (Å²) in [5, 5.41) is 2.39. The Bertz CT molecular complexity index is 1220. The molecule has 0 saturated carbocycles. The Morgan fingerprint density at radius 3 is 2.48 bits per heavy atom. The molecule has 0 bridgehead atoms. The second kappa shape index (κ2) is 9.70. The molecule has 3 aromatic rings. The standard InChI is InChI=1S/C24H20ClN3O5/c25-18-10-8-16(9-11-18)23(31)27-26-21(29)14-33-24(32)17-12-22(30)28(13-17)20-7-3-5-15-4-1-2-6-19(15)20/h1-11,17H,12-14H2,(H,26,29)(H,27,31)/t17-/m0/s1. The number of esters is 1. The third-order valence-electron chi connectivity index (χ3n) is 5.28. The molecule has 1 fully saturated rings. The Kier molecular flexibility index (Phi) is 6.55. The summed E-state index contributed by atoms with van der Waals surface area (Å²) in [5.74, 6) is -2.77. The minimum absolute atomic E-state index is 0.00300. The van der Waals surface area contributed by atoms with Gasteiger partial charge in [0.15, 0.2) is 6.61 Å². The van der Waals surface area contributed by atoms with Crippen LogP contribution in [-0.4, -0.2) is 36.8 Å². The zero-order valence-corrected chi connectivity index (χ0v) is 18.2. The summed E-state index contributed by atoms with van der Waals surface area (Å²) in [4.78, 5) is 50.5. The molecule has 1 saturated heterocycles. The number of nitrogens with one attached hydrogen (secondary N) is 2. The zero-order chi connectivity index (χ0) is 23.4. The van der Waals surface area contributed by atoms with Crippen LogP contribution < -0.4 is 15.8 Å². The molecule has 1 aliphatic rings. The Morgan fingerprint density at radius 1 is 0.970 bits per heavy atom. The molecule has 1 aliphatic heterocycles. The van der Waals surface area contributed by atoms with Crippen molar-refractivity contribution in [3.05, 3.63) is 77.3 Å². The van der Waals surface area contributed by atoms with E-state index in [1.165, 1.54) is 12.1 Å². The van der Waals surface area contributed by atoms with Crippen LogP contribution in [0.15, 0.2) is 66.7 Å². The molecule has 1 atom stereocenters. The number of hydrogen-bond acceptors (Lipinski definition) is 5. The minimum Gasteiger partial charge on any atom is -0.455 e. The number of halogens is 1. The lowest BCUT2D eigenvalue weighted by Crippen LogP contribution is -2.43. The van der Waals surface area contributed by atoms with Crippen molar-refractivity contribution in [2.75, 3.05) is 18.1 Å². The first-order valence-electron chi connectivity index (χ1n) is 10.2. The highest BCUT2D eigenvalue weighted by Gasteiger charge is 2.36. The first kappa shape index (κ1) is 22.3. The summed E-state index contributed by atoms with van der Waals surface area (Å²) in [6.45, 7) is -0.417. The van der Waals surface area contributed by atoms with E-state index >= 15 is 0 Å². The van der Waals surface area contributed by atoms with E-state index in [0.717, 1.165) is 16.5 Å². The van der Waals surface area contributed by atoms with Gasteiger partial charge in [0.1, 0.15) is 0 Å². The number of fused-ring (bicyclic) bond motifs is 1. The fourth-order valence-electron chi connectivity index (χ4n) is 3.63. The van der Waals surface area contributed by atoms with Crippen molar-refractivity contribution in [2.24, 2.45) is 5.92 Å². The van der Waals surface area contributed by atoms with Crippen LogP contribution in [0, 0.1) is 5.92 Å². The van der Waals surface area contributed by atoms with Crippen LogP contribution in [0.1, 0.15) is 16.8 Å². The number of nitrogens with zero attached hydrogens (tertiary/aromatic N) is 1. The van der Waals surface area contributed by atoms with Crippen LogP contribution in [0.2, 0.25) is 5.02 Å². The van der Waals surface area contributed by atoms with E-state index < -0.39 is 30.3 Å². The highest BCUT2D eigenvalue weighted by Crippen LogP contribution is 2.32. The number of rotatable bonds is 5. The van der Waals surface area contributed by atoms with E-state index in [9.17, 15) is 19.2 Å². The molecule has 2 N–H and O–H groups in total. The maximum absolute atomic E-state index is 12.6. The van der Waals surface area contributed by atoms with E-state index in [1.807, 2.05) is 42.5 Å². The zero-order valence-electron chi connectivity index (χ0n) is 17.4.